The highest BCUT2D eigenvalue weighted by Gasteiger charge is 2.33. The first-order valence-electron chi connectivity index (χ1n) is 13.5. The average Bonchev–Trinajstić information content (AvgIpc) is 2.94. The van der Waals surface area contributed by atoms with Crippen LogP contribution in [0.3, 0.4) is 0 Å². The van der Waals surface area contributed by atoms with Crippen LogP contribution in [0.25, 0.3) is 0 Å². The van der Waals surface area contributed by atoms with E-state index in [1.54, 1.807) is 30.3 Å². The Kier molecular flexibility index (Phi) is 11.6. The second-order valence-corrected chi connectivity index (χ2v) is 12.1. The fourth-order valence-corrected chi connectivity index (χ4v) is 5.43. The summed E-state index contributed by atoms with van der Waals surface area (Å²) >= 11 is 6.48. The van der Waals surface area contributed by atoms with Crippen LogP contribution < -0.4 is 9.62 Å². The van der Waals surface area contributed by atoms with Crippen molar-refractivity contribution in [3.05, 3.63) is 101 Å². The van der Waals surface area contributed by atoms with Crippen LogP contribution in [0.2, 0.25) is 5.02 Å². The minimum absolute atomic E-state index is 0.0452. The van der Waals surface area contributed by atoms with Gasteiger partial charge < -0.3 is 10.2 Å². The Balaban J connectivity index is 2.03. The lowest BCUT2D eigenvalue weighted by Crippen LogP contribution is -2.53. The highest BCUT2D eigenvalue weighted by molar-refractivity contribution is 7.92. The summed E-state index contributed by atoms with van der Waals surface area (Å²) in [6, 6.07) is 22.8. The molecular formula is C31H38ClN3O4S. The zero-order chi connectivity index (χ0) is 29.1. The van der Waals surface area contributed by atoms with Gasteiger partial charge >= 0.3 is 0 Å². The summed E-state index contributed by atoms with van der Waals surface area (Å²) in [6.07, 6.45) is 3.85. The zero-order valence-electron chi connectivity index (χ0n) is 23.3. The van der Waals surface area contributed by atoms with Gasteiger partial charge in [0.05, 0.1) is 11.9 Å². The molecule has 9 heteroatoms. The van der Waals surface area contributed by atoms with Crippen molar-refractivity contribution in [2.24, 2.45) is 0 Å². The summed E-state index contributed by atoms with van der Waals surface area (Å²) in [6.45, 7) is 4.12. The van der Waals surface area contributed by atoms with E-state index in [0.717, 1.165) is 41.0 Å². The third kappa shape index (κ3) is 8.83. The number of halogens is 1. The molecule has 0 aromatic heterocycles. The van der Waals surface area contributed by atoms with Gasteiger partial charge in [-0.15, -0.1) is 0 Å². The molecule has 7 nitrogen and oxygen atoms in total. The molecule has 0 aliphatic rings. The van der Waals surface area contributed by atoms with Gasteiger partial charge in [-0.25, -0.2) is 8.42 Å². The maximum Gasteiger partial charge on any atom is 0.244 e. The number of nitrogens with zero attached hydrogens (tertiary/aromatic N) is 2. The van der Waals surface area contributed by atoms with Crippen LogP contribution in [-0.4, -0.2) is 50.5 Å². The standard InChI is InChI=1S/C31H38ClN3O4S/c1-4-6-20-33-31(37)29(21-25-12-8-7-9-13-25)34(22-26-14-10-11-15-28(26)32)30(36)23-35(40(3,38)39)27-18-16-24(5-2)17-19-27/h7-19,29H,4-6,20-23H2,1-3H3,(H,33,37)/t29-/m0/s1. The van der Waals surface area contributed by atoms with E-state index in [0.29, 0.717) is 22.8 Å². The molecule has 0 aliphatic heterocycles. The van der Waals surface area contributed by atoms with E-state index in [1.807, 2.05) is 62.4 Å². The van der Waals surface area contributed by atoms with Crippen molar-refractivity contribution >= 4 is 39.1 Å². The van der Waals surface area contributed by atoms with Gasteiger partial charge in [0.2, 0.25) is 21.8 Å². The Hall–Kier alpha value is -3.36. The molecule has 1 atom stereocenters. The lowest BCUT2D eigenvalue weighted by atomic mass is 10.0. The Labute approximate surface area is 243 Å². The molecule has 0 radical (unpaired) electrons. The summed E-state index contributed by atoms with van der Waals surface area (Å²) in [5.74, 6) is -0.799. The zero-order valence-corrected chi connectivity index (χ0v) is 24.9. The first-order valence-corrected chi connectivity index (χ1v) is 15.8. The first kappa shape index (κ1) is 31.2. The van der Waals surface area contributed by atoms with E-state index in [1.165, 1.54) is 4.90 Å². The molecule has 40 heavy (non-hydrogen) atoms. The normalized spacial score (nSPS) is 12.0. The largest absolute Gasteiger partial charge is 0.354 e. The Morgan fingerprint density at radius 3 is 2.15 bits per heavy atom. The van der Waals surface area contributed by atoms with Crippen molar-refractivity contribution in [1.82, 2.24) is 10.2 Å². The number of aryl methyl sites for hydroxylation is 1. The molecule has 0 spiro atoms. The monoisotopic (exact) mass is 583 g/mol. The van der Waals surface area contributed by atoms with Crippen LogP contribution in [0.5, 0.6) is 0 Å². The molecule has 1 N–H and O–H groups in total. The number of anilines is 1. The lowest BCUT2D eigenvalue weighted by Gasteiger charge is -2.33. The second-order valence-electron chi connectivity index (χ2n) is 9.75. The predicted octanol–water partition coefficient (Wildman–Crippen LogP) is 5.22. The molecule has 3 aromatic rings. The Bertz CT molecular complexity index is 1360. The second kappa shape index (κ2) is 14.9. The molecule has 3 rings (SSSR count). The van der Waals surface area contributed by atoms with Crippen molar-refractivity contribution in [3.63, 3.8) is 0 Å². The van der Waals surface area contributed by atoms with Gasteiger partial charge in [0.1, 0.15) is 12.6 Å². The molecule has 0 saturated carbocycles. The molecule has 0 heterocycles. The number of hydrogen-bond acceptors (Lipinski definition) is 4. The summed E-state index contributed by atoms with van der Waals surface area (Å²) in [5, 5.41) is 3.43. The van der Waals surface area contributed by atoms with E-state index in [2.05, 4.69) is 5.32 Å². The van der Waals surface area contributed by atoms with Crippen LogP contribution >= 0.6 is 11.6 Å². The molecular weight excluding hydrogens is 546 g/mol. The number of carbonyl (C=O) groups excluding carboxylic acids is 2. The lowest BCUT2D eigenvalue weighted by molar-refractivity contribution is -0.140. The number of benzene rings is 3. The van der Waals surface area contributed by atoms with Crippen LogP contribution in [-0.2, 0) is 39.0 Å². The molecule has 0 unspecified atom stereocenters. The van der Waals surface area contributed by atoms with E-state index in [-0.39, 0.29) is 18.9 Å². The molecule has 2 amide bonds. The topological polar surface area (TPSA) is 86.8 Å². The van der Waals surface area contributed by atoms with Crippen molar-refractivity contribution in [1.29, 1.82) is 0 Å². The van der Waals surface area contributed by atoms with Crippen LogP contribution in [0, 0.1) is 0 Å². The molecule has 0 bridgehead atoms. The highest BCUT2D eigenvalue weighted by atomic mass is 35.5. The third-order valence-corrected chi connectivity index (χ3v) is 8.22. The van der Waals surface area contributed by atoms with E-state index < -0.39 is 28.5 Å². The highest BCUT2D eigenvalue weighted by Crippen LogP contribution is 2.23. The molecule has 3 aromatic carbocycles. The van der Waals surface area contributed by atoms with Crippen LogP contribution in [0.1, 0.15) is 43.4 Å². The van der Waals surface area contributed by atoms with Gasteiger partial charge in [0.15, 0.2) is 0 Å². The van der Waals surface area contributed by atoms with E-state index in [9.17, 15) is 18.0 Å². The maximum atomic E-state index is 14.1. The molecule has 214 valence electrons. The summed E-state index contributed by atoms with van der Waals surface area (Å²) in [7, 11) is -3.81. The number of carbonyl (C=O) groups is 2. The van der Waals surface area contributed by atoms with Crippen molar-refractivity contribution in [2.75, 3.05) is 23.7 Å². The quantitative estimate of drug-likeness (QED) is 0.263. The molecule has 0 fully saturated rings. The summed E-state index contributed by atoms with van der Waals surface area (Å²) in [5.41, 5.74) is 2.98. The van der Waals surface area contributed by atoms with Gasteiger partial charge in [-0.2, -0.15) is 0 Å². The summed E-state index contributed by atoms with van der Waals surface area (Å²) < 4.78 is 26.8. The van der Waals surface area contributed by atoms with Gasteiger partial charge in [0, 0.05) is 24.5 Å². The van der Waals surface area contributed by atoms with E-state index in [4.69, 9.17) is 11.6 Å². The maximum absolute atomic E-state index is 14.1. The molecule has 0 saturated heterocycles. The van der Waals surface area contributed by atoms with Gasteiger partial charge in [-0.05, 0) is 47.7 Å². The smallest absolute Gasteiger partial charge is 0.244 e. The number of hydrogen-bond donors (Lipinski definition) is 1. The first-order chi connectivity index (χ1) is 19.1. The minimum Gasteiger partial charge on any atom is -0.354 e. The number of sulfonamides is 1. The van der Waals surface area contributed by atoms with Crippen molar-refractivity contribution in [2.45, 2.75) is 52.1 Å². The number of rotatable bonds is 14. The van der Waals surface area contributed by atoms with Crippen LogP contribution in [0.15, 0.2) is 78.9 Å². The third-order valence-electron chi connectivity index (χ3n) is 6.71. The van der Waals surface area contributed by atoms with Gasteiger partial charge in [-0.3, -0.25) is 13.9 Å². The van der Waals surface area contributed by atoms with Crippen LogP contribution in [0.4, 0.5) is 5.69 Å². The SMILES string of the molecule is CCCCNC(=O)[C@H](Cc1ccccc1)N(Cc1ccccc1Cl)C(=O)CN(c1ccc(CC)cc1)S(C)(=O)=O. The molecule has 0 aliphatic carbocycles. The minimum atomic E-state index is -3.81. The van der Waals surface area contributed by atoms with Gasteiger partial charge in [-0.1, -0.05) is 92.5 Å². The van der Waals surface area contributed by atoms with Gasteiger partial charge in [0.25, 0.3) is 0 Å². The average molecular weight is 584 g/mol. The number of amides is 2. The predicted molar refractivity (Wildman–Crippen MR) is 162 cm³/mol. The Morgan fingerprint density at radius 2 is 1.55 bits per heavy atom. The number of nitrogens with one attached hydrogen (secondary N) is 1. The number of unbranched alkanes of at least 4 members (excludes halogenated alkanes) is 1. The Morgan fingerprint density at radius 1 is 0.900 bits per heavy atom. The van der Waals surface area contributed by atoms with E-state index >= 15 is 0 Å². The fraction of sp³-hybridized carbons (Fsp3) is 0.355. The summed E-state index contributed by atoms with van der Waals surface area (Å²) in [4.78, 5) is 29.1. The fourth-order valence-electron chi connectivity index (χ4n) is 4.38. The van der Waals surface area contributed by atoms with Crippen molar-refractivity contribution < 1.29 is 18.0 Å². The van der Waals surface area contributed by atoms with Crippen molar-refractivity contribution in [3.8, 4) is 0 Å².